The fourth-order valence-electron chi connectivity index (χ4n) is 2.03. The van der Waals surface area contributed by atoms with Crippen molar-refractivity contribution in [2.75, 3.05) is 53.9 Å². The molecule has 1 heterocycles. The number of nitrogens with zero attached hydrogens (tertiary/aromatic N) is 3. The summed E-state index contributed by atoms with van der Waals surface area (Å²) in [5, 5.41) is 9.35. The van der Waals surface area contributed by atoms with Gasteiger partial charge in [0.1, 0.15) is 0 Å². The molecule has 0 aliphatic carbocycles. The number of aliphatic hydroxyl groups excluding tert-OH is 1. The van der Waals surface area contributed by atoms with E-state index in [2.05, 4.69) is 42.8 Å². The third kappa shape index (κ3) is 3.72. The van der Waals surface area contributed by atoms with Crippen LogP contribution in [0.4, 0.5) is 0 Å². The molecule has 0 amide bonds. The van der Waals surface area contributed by atoms with E-state index in [0.29, 0.717) is 12.1 Å². The molecule has 0 radical (unpaired) electrons. The molecule has 0 bridgehead atoms. The van der Waals surface area contributed by atoms with E-state index >= 15 is 0 Å². The van der Waals surface area contributed by atoms with Gasteiger partial charge in [-0.3, -0.25) is 4.90 Å². The summed E-state index contributed by atoms with van der Waals surface area (Å²) < 4.78 is 0. The van der Waals surface area contributed by atoms with Crippen LogP contribution >= 0.6 is 0 Å². The average Bonchev–Trinajstić information content (AvgIpc) is 2.19. The molecule has 15 heavy (non-hydrogen) atoms. The van der Waals surface area contributed by atoms with Gasteiger partial charge in [0.05, 0.1) is 6.61 Å². The molecular formula is C11H25N3O. The summed E-state index contributed by atoms with van der Waals surface area (Å²) in [7, 11) is 6.32. The number of hydrogen-bond acceptors (Lipinski definition) is 4. The summed E-state index contributed by atoms with van der Waals surface area (Å²) in [5.74, 6) is 0. The highest BCUT2D eigenvalue weighted by Crippen LogP contribution is 2.12. The van der Waals surface area contributed by atoms with Gasteiger partial charge in [0, 0.05) is 38.3 Å². The molecule has 2 atom stereocenters. The van der Waals surface area contributed by atoms with E-state index in [9.17, 15) is 5.11 Å². The second-order valence-electron chi connectivity index (χ2n) is 4.92. The first kappa shape index (κ1) is 12.9. The Kier molecular flexibility index (Phi) is 4.99. The molecule has 1 fully saturated rings. The van der Waals surface area contributed by atoms with Crippen LogP contribution in [0.5, 0.6) is 0 Å². The maximum atomic E-state index is 9.35. The molecule has 0 aromatic heterocycles. The van der Waals surface area contributed by atoms with Gasteiger partial charge >= 0.3 is 0 Å². The van der Waals surface area contributed by atoms with E-state index in [0.717, 1.165) is 26.2 Å². The van der Waals surface area contributed by atoms with Gasteiger partial charge in [-0.05, 0) is 28.1 Å². The number of rotatable bonds is 4. The van der Waals surface area contributed by atoms with E-state index in [1.807, 2.05) is 0 Å². The Labute approximate surface area is 93.5 Å². The smallest absolute Gasteiger partial charge is 0.0599 e. The maximum Gasteiger partial charge on any atom is 0.0599 e. The van der Waals surface area contributed by atoms with Gasteiger partial charge in [0.15, 0.2) is 0 Å². The number of piperazine rings is 1. The van der Waals surface area contributed by atoms with Gasteiger partial charge in [0.2, 0.25) is 0 Å². The average molecular weight is 215 g/mol. The van der Waals surface area contributed by atoms with E-state index in [-0.39, 0.29) is 6.61 Å². The standard InChI is InChI=1S/C11H25N3O/c1-10-7-14(6-5-12(2)3)11(9-15)8-13(10)4/h10-11,15H,5-9H2,1-4H3. The molecular weight excluding hydrogens is 190 g/mol. The molecule has 2 unspecified atom stereocenters. The summed E-state index contributed by atoms with van der Waals surface area (Å²) >= 11 is 0. The van der Waals surface area contributed by atoms with Crippen molar-refractivity contribution >= 4 is 0 Å². The summed E-state index contributed by atoms with van der Waals surface area (Å²) in [4.78, 5) is 6.93. The lowest BCUT2D eigenvalue weighted by molar-refractivity contribution is 0.0194. The van der Waals surface area contributed by atoms with Crippen molar-refractivity contribution < 1.29 is 5.11 Å². The topological polar surface area (TPSA) is 30.0 Å². The molecule has 0 spiro atoms. The largest absolute Gasteiger partial charge is 0.395 e. The molecule has 0 saturated carbocycles. The van der Waals surface area contributed by atoms with Crippen molar-refractivity contribution in [1.82, 2.24) is 14.7 Å². The monoisotopic (exact) mass is 215 g/mol. The minimum atomic E-state index is 0.268. The first-order chi connectivity index (χ1) is 7.04. The lowest BCUT2D eigenvalue weighted by Crippen LogP contribution is -2.58. The van der Waals surface area contributed by atoms with Gasteiger partial charge in [-0.25, -0.2) is 0 Å². The minimum absolute atomic E-state index is 0.268. The van der Waals surface area contributed by atoms with Crippen LogP contribution in [0.3, 0.4) is 0 Å². The Morgan fingerprint density at radius 3 is 2.53 bits per heavy atom. The maximum absolute atomic E-state index is 9.35. The van der Waals surface area contributed by atoms with Crippen molar-refractivity contribution in [3.8, 4) is 0 Å². The Balaban J connectivity index is 2.45. The first-order valence-electron chi connectivity index (χ1n) is 5.74. The predicted octanol–water partition coefficient (Wildman–Crippen LogP) is -0.455. The highest BCUT2D eigenvalue weighted by Gasteiger charge is 2.28. The van der Waals surface area contributed by atoms with E-state index in [1.165, 1.54) is 0 Å². The second kappa shape index (κ2) is 5.80. The van der Waals surface area contributed by atoms with Crippen LogP contribution in [0.25, 0.3) is 0 Å². The Hall–Kier alpha value is -0.160. The fraction of sp³-hybridized carbons (Fsp3) is 1.00. The molecule has 4 nitrogen and oxygen atoms in total. The molecule has 1 N–H and O–H groups in total. The van der Waals surface area contributed by atoms with Crippen LogP contribution in [0, 0.1) is 0 Å². The molecule has 1 saturated heterocycles. The van der Waals surface area contributed by atoms with Crippen LogP contribution in [0.15, 0.2) is 0 Å². The first-order valence-corrected chi connectivity index (χ1v) is 5.74. The summed E-state index contributed by atoms with van der Waals surface area (Å²) in [5.41, 5.74) is 0. The molecule has 1 aliphatic rings. The molecule has 0 aromatic rings. The van der Waals surface area contributed by atoms with Crippen LogP contribution in [0.1, 0.15) is 6.92 Å². The minimum Gasteiger partial charge on any atom is -0.395 e. The molecule has 4 heteroatoms. The van der Waals surface area contributed by atoms with Crippen molar-refractivity contribution in [2.45, 2.75) is 19.0 Å². The van der Waals surface area contributed by atoms with E-state index in [1.54, 1.807) is 0 Å². The van der Waals surface area contributed by atoms with E-state index < -0.39 is 0 Å². The predicted molar refractivity (Wildman–Crippen MR) is 63.1 cm³/mol. The van der Waals surface area contributed by atoms with E-state index in [4.69, 9.17) is 0 Å². The Bertz CT molecular complexity index is 187. The van der Waals surface area contributed by atoms with Crippen molar-refractivity contribution in [2.24, 2.45) is 0 Å². The Morgan fingerprint density at radius 2 is 2.00 bits per heavy atom. The fourth-order valence-corrected chi connectivity index (χ4v) is 2.03. The van der Waals surface area contributed by atoms with Gasteiger partial charge in [-0.2, -0.15) is 0 Å². The zero-order valence-electron chi connectivity index (χ0n) is 10.5. The Morgan fingerprint density at radius 1 is 1.33 bits per heavy atom. The SMILES string of the molecule is CC1CN(CCN(C)C)C(CO)CN1C. The normalized spacial score (nSPS) is 30.0. The summed E-state index contributed by atoms with van der Waals surface area (Å²) in [6.45, 7) is 6.67. The summed E-state index contributed by atoms with van der Waals surface area (Å²) in [6.07, 6.45) is 0. The summed E-state index contributed by atoms with van der Waals surface area (Å²) in [6, 6.07) is 0.904. The van der Waals surface area contributed by atoms with Gasteiger partial charge in [-0.15, -0.1) is 0 Å². The lowest BCUT2D eigenvalue weighted by atomic mass is 10.1. The van der Waals surface area contributed by atoms with Crippen molar-refractivity contribution in [3.63, 3.8) is 0 Å². The zero-order valence-corrected chi connectivity index (χ0v) is 10.5. The van der Waals surface area contributed by atoms with Crippen LogP contribution in [-0.4, -0.2) is 85.8 Å². The molecule has 90 valence electrons. The van der Waals surface area contributed by atoms with Crippen molar-refractivity contribution in [1.29, 1.82) is 0 Å². The second-order valence-corrected chi connectivity index (χ2v) is 4.92. The van der Waals surface area contributed by atoms with Crippen LogP contribution in [-0.2, 0) is 0 Å². The third-order valence-electron chi connectivity index (χ3n) is 3.31. The quantitative estimate of drug-likeness (QED) is 0.688. The number of likely N-dealkylation sites (N-methyl/N-ethyl adjacent to an activating group) is 2. The van der Waals surface area contributed by atoms with Crippen LogP contribution < -0.4 is 0 Å². The van der Waals surface area contributed by atoms with Gasteiger partial charge in [-0.1, -0.05) is 0 Å². The number of hydrogen-bond donors (Lipinski definition) is 1. The highest BCUT2D eigenvalue weighted by atomic mass is 16.3. The van der Waals surface area contributed by atoms with Crippen LogP contribution in [0.2, 0.25) is 0 Å². The van der Waals surface area contributed by atoms with Gasteiger partial charge < -0.3 is 14.9 Å². The van der Waals surface area contributed by atoms with Crippen molar-refractivity contribution in [3.05, 3.63) is 0 Å². The molecule has 1 rings (SSSR count). The highest BCUT2D eigenvalue weighted by molar-refractivity contribution is 4.85. The number of aliphatic hydroxyl groups is 1. The lowest BCUT2D eigenvalue weighted by Gasteiger charge is -2.43. The molecule has 1 aliphatic heterocycles. The molecule has 0 aromatic carbocycles. The zero-order chi connectivity index (χ0) is 11.4. The van der Waals surface area contributed by atoms with Gasteiger partial charge in [0.25, 0.3) is 0 Å². The third-order valence-corrected chi connectivity index (χ3v) is 3.31.